The van der Waals surface area contributed by atoms with Gasteiger partial charge in [0, 0.05) is 0 Å². The lowest BCUT2D eigenvalue weighted by Crippen LogP contribution is -2.46. The van der Waals surface area contributed by atoms with Crippen LogP contribution in [0.4, 0.5) is 0 Å². The van der Waals surface area contributed by atoms with E-state index in [9.17, 15) is 19.2 Å². The lowest BCUT2D eigenvalue weighted by Gasteiger charge is -2.12. The van der Waals surface area contributed by atoms with Crippen LogP contribution in [0.3, 0.4) is 0 Å². The van der Waals surface area contributed by atoms with Gasteiger partial charge in [0.25, 0.3) is 22.9 Å². The average Bonchev–Trinajstić information content (AvgIpc) is 2.70. The number of nitrogens with zero attached hydrogens (tertiary/aromatic N) is 1. The number of hydrazine groups is 1. The number of rotatable bonds is 5. The number of hydrogen-bond acceptors (Lipinski definition) is 5. The topological polar surface area (TPSA) is 122 Å². The average molecular weight is 396 g/mol. The zero-order chi connectivity index (χ0) is 21.0. The van der Waals surface area contributed by atoms with Gasteiger partial charge in [-0.25, -0.2) is 4.68 Å². The normalized spacial score (nSPS) is 10.6. The van der Waals surface area contributed by atoms with Crippen molar-refractivity contribution < 1.29 is 14.3 Å². The van der Waals surface area contributed by atoms with Crippen LogP contribution in [-0.4, -0.2) is 28.2 Å². The Morgan fingerprint density at radius 3 is 2.24 bits per heavy atom. The molecule has 3 N–H and O–H groups in total. The van der Waals surface area contributed by atoms with Crippen molar-refractivity contribution >= 4 is 22.6 Å². The van der Waals surface area contributed by atoms with Gasteiger partial charge in [0.15, 0.2) is 6.61 Å². The Labute approximate surface area is 165 Å². The predicted octanol–water partition coefficient (Wildman–Crippen LogP) is 0.533. The molecular formula is C20H20N4O5. The fourth-order valence-electron chi connectivity index (χ4n) is 2.88. The minimum Gasteiger partial charge on any atom is -0.483 e. The number of fused-ring (bicyclic) bond motifs is 1. The molecule has 3 rings (SSSR count). The third-order valence-electron chi connectivity index (χ3n) is 4.28. The van der Waals surface area contributed by atoms with E-state index in [1.807, 2.05) is 32.0 Å². The van der Waals surface area contributed by atoms with Crippen molar-refractivity contribution in [1.29, 1.82) is 0 Å². The van der Waals surface area contributed by atoms with Crippen LogP contribution in [-0.2, 0) is 16.1 Å². The fourth-order valence-corrected chi connectivity index (χ4v) is 2.88. The smallest absolute Gasteiger partial charge is 0.276 e. The third kappa shape index (κ3) is 4.52. The molecule has 3 aromatic rings. The summed E-state index contributed by atoms with van der Waals surface area (Å²) >= 11 is 0. The molecule has 0 atom stereocenters. The molecule has 150 valence electrons. The quantitative estimate of drug-likeness (QED) is 0.543. The second-order valence-corrected chi connectivity index (χ2v) is 6.48. The molecule has 9 heteroatoms. The van der Waals surface area contributed by atoms with E-state index < -0.39 is 29.5 Å². The van der Waals surface area contributed by atoms with E-state index in [-0.39, 0.29) is 17.4 Å². The SMILES string of the molecule is Cc1cccc(C)c1OCC(=O)NNC(=O)Cn1[nH]c(=O)c2ccccc2c1=O. The Kier molecular flexibility index (Phi) is 5.77. The van der Waals surface area contributed by atoms with Crippen molar-refractivity contribution in [2.45, 2.75) is 20.4 Å². The summed E-state index contributed by atoms with van der Waals surface area (Å²) in [5, 5.41) is 2.79. The molecule has 0 bridgehead atoms. The van der Waals surface area contributed by atoms with Crippen molar-refractivity contribution in [2.24, 2.45) is 0 Å². The Bertz CT molecular complexity index is 1180. The molecule has 0 aliphatic heterocycles. The highest BCUT2D eigenvalue weighted by Gasteiger charge is 2.12. The number of ether oxygens (including phenoxy) is 1. The van der Waals surface area contributed by atoms with Crippen molar-refractivity contribution in [2.75, 3.05) is 6.61 Å². The Morgan fingerprint density at radius 2 is 1.55 bits per heavy atom. The van der Waals surface area contributed by atoms with Crippen LogP contribution in [0, 0.1) is 13.8 Å². The van der Waals surface area contributed by atoms with E-state index >= 15 is 0 Å². The number of carbonyl (C=O) groups excluding carboxylic acids is 2. The monoisotopic (exact) mass is 396 g/mol. The number of aryl methyl sites for hydroxylation is 2. The molecular weight excluding hydrogens is 376 g/mol. The van der Waals surface area contributed by atoms with E-state index in [2.05, 4.69) is 16.0 Å². The summed E-state index contributed by atoms with van der Waals surface area (Å²) in [6.45, 7) is 2.98. The van der Waals surface area contributed by atoms with Crippen LogP contribution in [0.15, 0.2) is 52.1 Å². The maximum Gasteiger partial charge on any atom is 0.276 e. The Morgan fingerprint density at radius 1 is 0.931 bits per heavy atom. The summed E-state index contributed by atoms with van der Waals surface area (Å²) < 4.78 is 6.39. The standard InChI is InChI=1S/C20H20N4O5/c1-12-6-5-7-13(2)18(12)29-11-17(26)22-21-16(25)10-24-20(28)15-9-4-3-8-14(15)19(27)23-24/h3-9H,10-11H2,1-2H3,(H,21,25)(H,22,26)(H,23,27). The van der Waals surface area contributed by atoms with Gasteiger partial charge in [-0.3, -0.25) is 35.1 Å². The van der Waals surface area contributed by atoms with E-state index in [0.29, 0.717) is 5.75 Å². The molecule has 0 saturated carbocycles. The summed E-state index contributed by atoms with van der Waals surface area (Å²) in [6.07, 6.45) is 0. The highest BCUT2D eigenvalue weighted by Crippen LogP contribution is 2.21. The highest BCUT2D eigenvalue weighted by molar-refractivity contribution is 5.83. The second-order valence-electron chi connectivity index (χ2n) is 6.48. The first kappa shape index (κ1) is 19.9. The van der Waals surface area contributed by atoms with E-state index in [1.54, 1.807) is 12.1 Å². The third-order valence-corrected chi connectivity index (χ3v) is 4.28. The van der Waals surface area contributed by atoms with Gasteiger partial charge >= 0.3 is 0 Å². The summed E-state index contributed by atoms with van der Waals surface area (Å²) in [6, 6.07) is 11.9. The van der Waals surface area contributed by atoms with Crippen molar-refractivity contribution in [3.05, 3.63) is 74.3 Å². The summed E-state index contributed by atoms with van der Waals surface area (Å²) in [5.41, 5.74) is 5.18. The minimum atomic E-state index is -0.682. The Hall–Kier alpha value is -3.88. The molecule has 9 nitrogen and oxygen atoms in total. The van der Waals surface area contributed by atoms with Crippen LogP contribution < -0.4 is 26.7 Å². The molecule has 2 aromatic carbocycles. The Balaban J connectivity index is 1.58. The number of benzene rings is 2. The van der Waals surface area contributed by atoms with Gasteiger partial charge in [-0.05, 0) is 37.1 Å². The van der Waals surface area contributed by atoms with Crippen LogP contribution >= 0.6 is 0 Å². The lowest BCUT2D eigenvalue weighted by atomic mass is 10.1. The van der Waals surface area contributed by atoms with Gasteiger partial charge in [0.1, 0.15) is 12.3 Å². The molecule has 2 amide bonds. The molecule has 0 saturated heterocycles. The van der Waals surface area contributed by atoms with Gasteiger partial charge in [-0.2, -0.15) is 0 Å². The molecule has 0 aliphatic carbocycles. The number of aromatic amines is 1. The number of H-pyrrole nitrogens is 1. The van der Waals surface area contributed by atoms with Gasteiger partial charge in [-0.15, -0.1) is 0 Å². The zero-order valence-electron chi connectivity index (χ0n) is 15.9. The summed E-state index contributed by atoms with van der Waals surface area (Å²) in [4.78, 5) is 48.4. The molecule has 0 radical (unpaired) electrons. The van der Waals surface area contributed by atoms with Crippen molar-refractivity contribution in [3.63, 3.8) is 0 Å². The largest absolute Gasteiger partial charge is 0.483 e. The number of para-hydroxylation sites is 1. The van der Waals surface area contributed by atoms with Crippen LogP contribution in [0.25, 0.3) is 10.8 Å². The molecule has 0 spiro atoms. The maximum atomic E-state index is 12.4. The maximum absolute atomic E-state index is 12.4. The first-order valence-corrected chi connectivity index (χ1v) is 8.85. The number of amides is 2. The van der Waals surface area contributed by atoms with Gasteiger partial charge in [-0.1, -0.05) is 30.3 Å². The highest BCUT2D eigenvalue weighted by atomic mass is 16.5. The van der Waals surface area contributed by atoms with Gasteiger partial charge in [0.05, 0.1) is 10.8 Å². The lowest BCUT2D eigenvalue weighted by molar-refractivity contribution is -0.130. The van der Waals surface area contributed by atoms with Crippen LogP contribution in [0.5, 0.6) is 5.75 Å². The minimum absolute atomic E-state index is 0.204. The molecule has 0 aliphatic rings. The molecule has 0 unspecified atom stereocenters. The second kappa shape index (κ2) is 8.42. The van der Waals surface area contributed by atoms with Crippen molar-refractivity contribution in [3.8, 4) is 5.75 Å². The van der Waals surface area contributed by atoms with Crippen LogP contribution in [0.2, 0.25) is 0 Å². The summed E-state index contributed by atoms with van der Waals surface area (Å²) in [7, 11) is 0. The number of aromatic nitrogens is 2. The van der Waals surface area contributed by atoms with Gasteiger partial charge in [0.2, 0.25) is 0 Å². The van der Waals surface area contributed by atoms with Crippen LogP contribution in [0.1, 0.15) is 11.1 Å². The molecule has 29 heavy (non-hydrogen) atoms. The van der Waals surface area contributed by atoms with E-state index in [1.165, 1.54) is 12.1 Å². The zero-order valence-corrected chi connectivity index (χ0v) is 15.9. The van der Waals surface area contributed by atoms with Crippen molar-refractivity contribution in [1.82, 2.24) is 20.6 Å². The number of nitrogens with one attached hydrogen (secondary N) is 3. The first-order chi connectivity index (χ1) is 13.9. The molecule has 1 aromatic heterocycles. The molecule has 1 heterocycles. The number of carbonyl (C=O) groups is 2. The number of hydrogen-bond donors (Lipinski definition) is 3. The predicted molar refractivity (Wildman–Crippen MR) is 107 cm³/mol. The first-order valence-electron chi connectivity index (χ1n) is 8.85. The fraction of sp³-hybridized carbons (Fsp3) is 0.200. The van der Waals surface area contributed by atoms with Gasteiger partial charge < -0.3 is 4.74 Å². The molecule has 0 fully saturated rings. The van der Waals surface area contributed by atoms with E-state index in [0.717, 1.165) is 15.8 Å². The summed E-state index contributed by atoms with van der Waals surface area (Å²) in [5.74, 6) is -0.645. The van der Waals surface area contributed by atoms with E-state index in [4.69, 9.17) is 4.74 Å².